The van der Waals surface area contributed by atoms with Crippen LogP contribution in [0.2, 0.25) is 0 Å². The fourth-order valence-corrected chi connectivity index (χ4v) is 3.84. The minimum absolute atomic E-state index is 0.0484. The van der Waals surface area contributed by atoms with Crippen LogP contribution in [-0.2, 0) is 4.79 Å². The van der Waals surface area contributed by atoms with E-state index >= 15 is 0 Å². The number of ether oxygens (including phenoxy) is 2. The number of methoxy groups -OCH3 is 1. The van der Waals surface area contributed by atoms with Crippen LogP contribution in [-0.4, -0.2) is 56.0 Å². The fraction of sp³-hybridized carbons (Fsp3) is 0.619. The van der Waals surface area contributed by atoms with Crippen LogP contribution in [0.4, 0.5) is 0 Å². The van der Waals surface area contributed by atoms with Crippen molar-refractivity contribution in [3.63, 3.8) is 0 Å². The SMILES string of the molecule is COc1cc(C(C)=O)ccc1OCC(=O)NC(C)CN1CC(C)CC(C)C1. The number of hydrogen-bond donors (Lipinski definition) is 1. The Bertz CT molecular complexity index is 652. The average molecular weight is 376 g/mol. The van der Waals surface area contributed by atoms with Crippen molar-refractivity contribution in [3.05, 3.63) is 23.8 Å². The van der Waals surface area contributed by atoms with Crippen LogP contribution in [0.5, 0.6) is 11.5 Å². The number of benzene rings is 1. The molecule has 6 heteroatoms. The predicted octanol–water partition coefficient (Wildman–Crippen LogP) is 2.76. The van der Waals surface area contributed by atoms with Crippen molar-refractivity contribution < 1.29 is 19.1 Å². The Morgan fingerprint density at radius 3 is 2.48 bits per heavy atom. The number of carbonyl (C=O) groups is 2. The molecule has 3 atom stereocenters. The van der Waals surface area contributed by atoms with Gasteiger partial charge in [-0.2, -0.15) is 0 Å². The predicted molar refractivity (Wildman–Crippen MR) is 105 cm³/mol. The Hall–Kier alpha value is -2.08. The van der Waals surface area contributed by atoms with Gasteiger partial charge in [0.2, 0.25) is 0 Å². The molecule has 0 spiro atoms. The molecule has 1 amide bonds. The number of amides is 1. The number of hydrogen-bond acceptors (Lipinski definition) is 5. The van der Waals surface area contributed by atoms with Gasteiger partial charge in [-0.3, -0.25) is 9.59 Å². The molecule has 1 saturated heterocycles. The first-order chi connectivity index (χ1) is 12.8. The van der Waals surface area contributed by atoms with Crippen molar-refractivity contribution in [2.75, 3.05) is 33.4 Å². The van der Waals surface area contributed by atoms with Crippen LogP contribution in [0.25, 0.3) is 0 Å². The van der Waals surface area contributed by atoms with E-state index < -0.39 is 0 Å². The first-order valence-corrected chi connectivity index (χ1v) is 9.62. The first kappa shape index (κ1) is 21.2. The maximum absolute atomic E-state index is 12.2. The molecule has 1 heterocycles. The molecule has 2 rings (SSSR count). The van der Waals surface area contributed by atoms with Crippen LogP contribution in [0.3, 0.4) is 0 Å². The van der Waals surface area contributed by atoms with E-state index in [1.54, 1.807) is 18.2 Å². The van der Waals surface area contributed by atoms with Gasteiger partial charge in [0.1, 0.15) is 0 Å². The van der Waals surface area contributed by atoms with Crippen molar-refractivity contribution in [2.24, 2.45) is 11.8 Å². The summed E-state index contributed by atoms with van der Waals surface area (Å²) >= 11 is 0. The number of likely N-dealkylation sites (tertiary alicyclic amines) is 1. The Balaban J connectivity index is 1.82. The standard InChI is InChI=1S/C21H32N2O4/c1-14-8-15(2)11-23(10-14)12-16(3)22-21(25)13-27-19-7-6-18(17(4)24)9-20(19)26-5/h6-7,9,14-16H,8,10-13H2,1-5H3,(H,22,25). The lowest BCUT2D eigenvalue weighted by Crippen LogP contribution is -2.47. The molecule has 1 aliphatic rings. The van der Waals surface area contributed by atoms with Crippen LogP contribution in [0.15, 0.2) is 18.2 Å². The smallest absolute Gasteiger partial charge is 0.258 e. The number of Topliss-reactive ketones (excluding diaryl/α,β-unsaturated/α-hetero) is 1. The van der Waals surface area contributed by atoms with E-state index in [0.29, 0.717) is 28.9 Å². The molecule has 1 aliphatic heterocycles. The summed E-state index contributed by atoms with van der Waals surface area (Å²) in [5.41, 5.74) is 0.544. The number of nitrogens with one attached hydrogen (secondary N) is 1. The van der Waals surface area contributed by atoms with Crippen molar-refractivity contribution in [2.45, 2.75) is 40.2 Å². The largest absolute Gasteiger partial charge is 0.493 e. The maximum Gasteiger partial charge on any atom is 0.258 e. The van der Waals surface area contributed by atoms with Crippen molar-refractivity contribution in [1.29, 1.82) is 0 Å². The second kappa shape index (κ2) is 9.74. The molecule has 1 aromatic carbocycles. The van der Waals surface area contributed by atoms with Crippen molar-refractivity contribution >= 4 is 11.7 Å². The summed E-state index contributed by atoms with van der Waals surface area (Å²) in [7, 11) is 1.51. The minimum atomic E-state index is -0.168. The second-order valence-corrected chi connectivity index (χ2v) is 7.84. The molecule has 6 nitrogen and oxygen atoms in total. The lowest BCUT2D eigenvalue weighted by Gasteiger charge is -2.36. The average Bonchev–Trinajstić information content (AvgIpc) is 2.58. The molecule has 1 aromatic rings. The highest BCUT2D eigenvalue weighted by molar-refractivity contribution is 5.94. The normalized spacial score (nSPS) is 21.4. The summed E-state index contributed by atoms with van der Waals surface area (Å²) in [5, 5.41) is 2.99. The lowest BCUT2D eigenvalue weighted by molar-refractivity contribution is -0.123. The van der Waals surface area contributed by atoms with Gasteiger partial charge in [0.25, 0.3) is 5.91 Å². The van der Waals surface area contributed by atoms with Gasteiger partial charge >= 0.3 is 0 Å². The van der Waals surface area contributed by atoms with Crippen LogP contribution in [0, 0.1) is 11.8 Å². The van der Waals surface area contributed by atoms with Gasteiger partial charge in [0.05, 0.1) is 7.11 Å². The fourth-order valence-electron chi connectivity index (χ4n) is 3.84. The van der Waals surface area contributed by atoms with Crippen molar-refractivity contribution in [3.8, 4) is 11.5 Å². The lowest BCUT2D eigenvalue weighted by atomic mass is 9.92. The minimum Gasteiger partial charge on any atom is -0.493 e. The molecule has 1 fully saturated rings. The number of ketones is 1. The number of carbonyl (C=O) groups excluding carboxylic acids is 2. The second-order valence-electron chi connectivity index (χ2n) is 7.84. The molecule has 0 aliphatic carbocycles. The summed E-state index contributed by atoms with van der Waals surface area (Å²) in [6, 6.07) is 5.00. The van der Waals surface area contributed by atoms with E-state index in [1.807, 2.05) is 6.92 Å². The summed E-state index contributed by atoms with van der Waals surface area (Å²) in [4.78, 5) is 26.1. The highest BCUT2D eigenvalue weighted by Gasteiger charge is 2.23. The Morgan fingerprint density at radius 2 is 1.89 bits per heavy atom. The van der Waals surface area contributed by atoms with Gasteiger partial charge < -0.3 is 19.7 Å². The molecular formula is C21H32N2O4. The summed E-state index contributed by atoms with van der Waals surface area (Å²) < 4.78 is 10.8. The number of rotatable bonds is 8. The zero-order chi connectivity index (χ0) is 20.0. The van der Waals surface area contributed by atoms with Gasteiger partial charge in [-0.15, -0.1) is 0 Å². The summed E-state index contributed by atoms with van der Waals surface area (Å²) in [6.07, 6.45) is 1.27. The van der Waals surface area contributed by atoms with E-state index in [2.05, 4.69) is 24.1 Å². The van der Waals surface area contributed by atoms with E-state index in [1.165, 1.54) is 20.5 Å². The van der Waals surface area contributed by atoms with Gasteiger partial charge in [-0.05, 0) is 50.3 Å². The van der Waals surface area contributed by atoms with Gasteiger partial charge in [0.15, 0.2) is 23.9 Å². The Kier molecular flexibility index (Phi) is 7.66. The first-order valence-electron chi connectivity index (χ1n) is 9.62. The summed E-state index contributed by atoms with van der Waals surface area (Å²) in [6.45, 7) is 11.0. The molecule has 0 bridgehead atoms. The van der Waals surface area contributed by atoms with E-state index in [9.17, 15) is 9.59 Å². The van der Waals surface area contributed by atoms with Gasteiger partial charge in [-0.25, -0.2) is 0 Å². The molecule has 0 radical (unpaired) electrons. The maximum atomic E-state index is 12.2. The Labute approximate surface area is 162 Å². The molecule has 1 N–H and O–H groups in total. The summed E-state index contributed by atoms with van der Waals surface area (Å²) in [5.74, 6) is 2.07. The van der Waals surface area contributed by atoms with Crippen molar-refractivity contribution in [1.82, 2.24) is 10.2 Å². The molecule has 3 unspecified atom stereocenters. The van der Waals surface area contributed by atoms with E-state index in [0.717, 1.165) is 19.6 Å². The third kappa shape index (κ3) is 6.54. The third-order valence-electron chi connectivity index (χ3n) is 4.81. The monoisotopic (exact) mass is 376 g/mol. The highest BCUT2D eigenvalue weighted by atomic mass is 16.5. The topological polar surface area (TPSA) is 67.9 Å². The van der Waals surface area contributed by atoms with Gasteiger partial charge in [-0.1, -0.05) is 13.8 Å². The van der Waals surface area contributed by atoms with E-state index in [4.69, 9.17) is 9.47 Å². The quantitative estimate of drug-likeness (QED) is 0.707. The number of nitrogens with zero attached hydrogens (tertiary/aromatic N) is 1. The highest BCUT2D eigenvalue weighted by Crippen LogP contribution is 2.28. The molecule has 27 heavy (non-hydrogen) atoms. The molecule has 0 saturated carbocycles. The molecular weight excluding hydrogens is 344 g/mol. The zero-order valence-corrected chi connectivity index (χ0v) is 17.1. The Morgan fingerprint density at radius 1 is 1.22 bits per heavy atom. The van der Waals surface area contributed by atoms with Crippen LogP contribution < -0.4 is 14.8 Å². The van der Waals surface area contributed by atoms with Gasteiger partial charge in [0, 0.05) is 31.2 Å². The third-order valence-corrected chi connectivity index (χ3v) is 4.81. The zero-order valence-electron chi connectivity index (χ0n) is 17.1. The molecule has 150 valence electrons. The van der Waals surface area contributed by atoms with Crippen LogP contribution in [0.1, 0.15) is 44.5 Å². The van der Waals surface area contributed by atoms with Crippen LogP contribution >= 0.6 is 0 Å². The molecule has 0 aromatic heterocycles. The van der Waals surface area contributed by atoms with E-state index in [-0.39, 0.29) is 24.3 Å². The number of piperidine rings is 1.